The normalized spacial score (nSPS) is 10.0. The smallest absolute Gasteiger partial charge is 0.319 e. The van der Waals surface area contributed by atoms with Gasteiger partial charge in [-0.15, -0.1) is 0 Å². The van der Waals surface area contributed by atoms with E-state index < -0.39 is 0 Å². The summed E-state index contributed by atoms with van der Waals surface area (Å²) in [5.74, 6) is 1.52. The zero-order valence-electron chi connectivity index (χ0n) is 13.1. The summed E-state index contributed by atoms with van der Waals surface area (Å²) in [6, 6.07) is 26.3. The number of nitrogens with one attached hydrogen (secondary N) is 2. The fraction of sp³-hybridized carbons (Fsp3) is 0.0500. The van der Waals surface area contributed by atoms with E-state index in [4.69, 9.17) is 4.74 Å². The maximum atomic E-state index is 11.9. The SMILES string of the molecule is O=C(NCc1cccc(Oc2ccccc2)c1)Nc1ccccc1. The van der Waals surface area contributed by atoms with Gasteiger partial charge in [-0.25, -0.2) is 4.79 Å². The Labute approximate surface area is 141 Å². The van der Waals surface area contributed by atoms with Crippen LogP contribution in [-0.4, -0.2) is 6.03 Å². The van der Waals surface area contributed by atoms with Crippen molar-refractivity contribution in [3.8, 4) is 11.5 Å². The number of rotatable bonds is 5. The Kier molecular flexibility index (Phi) is 5.10. The van der Waals surface area contributed by atoms with Gasteiger partial charge in [0, 0.05) is 12.2 Å². The van der Waals surface area contributed by atoms with Gasteiger partial charge in [-0.2, -0.15) is 0 Å². The number of carbonyl (C=O) groups is 1. The molecule has 0 heterocycles. The molecule has 3 aromatic carbocycles. The van der Waals surface area contributed by atoms with Crippen LogP contribution in [0.1, 0.15) is 5.56 Å². The third-order valence-electron chi connectivity index (χ3n) is 3.36. The van der Waals surface area contributed by atoms with Gasteiger partial charge in [0.25, 0.3) is 0 Å². The molecule has 3 aromatic rings. The van der Waals surface area contributed by atoms with E-state index in [0.717, 1.165) is 22.7 Å². The predicted octanol–water partition coefficient (Wildman–Crippen LogP) is 4.80. The second-order valence-electron chi connectivity index (χ2n) is 5.24. The summed E-state index contributed by atoms with van der Waals surface area (Å²) < 4.78 is 5.79. The molecule has 0 saturated carbocycles. The van der Waals surface area contributed by atoms with Crippen LogP contribution in [0.5, 0.6) is 11.5 Å². The minimum absolute atomic E-state index is 0.240. The monoisotopic (exact) mass is 318 g/mol. The van der Waals surface area contributed by atoms with Crippen molar-refractivity contribution in [2.45, 2.75) is 6.54 Å². The minimum atomic E-state index is -0.240. The Balaban J connectivity index is 1.55. The topological polar surface area (TPSA) is 50.4 Å². The molecule has 120 valence electrons. The minimum Gasteiger partial charge on any atom is -0.457 e. The van der Waals surface area contributed by atoms with Crippen LogP contribution in [-0.2, 0) is 6.54 Å². The second kappa shape index (κ2) is 7.83. The fourth-order valence-electron chi connectivity index (χ4n) is 2.22. The van der Waals surface area contributed by atoms with E-state index in [0.29, 0.717) is 6.54 Å². The highest BCUT2D eigenvalue weighted by Crippen LogP contribution is 2.21. The number of amides is 2. The first-order chi connectivity index (χ1) is 11.8. The van der Waals surface area contributed by atoms with Crippen molar-refractivity contribution in [1.82, 2.24) is 5.32 Å². The summed E-state index contributed by atoms with van der Waals surface area (Å²) in [5, 5.41) is 5.62. The third-order valence-corrected chi connectivity index (χ3v) is 3.36. The van der Waals surface area contributed by atoms with E-state index in [1.54, 1.807) is 0 Å². The summed E-state index contributed by atoms with van der Waals surface area (Å²) in [7, 11) is 0. The lowest BCUT2D eigenvalue weighted by Gasteiger charge is -2.09. The molecule has 24 heavy (non-hydrogen) atoms. The fourth-order valence-corrected chi connectivity index (χ4v) is 2.22. The molecule has 0 fully saturated rings. The van der Waals surface area contributed by atoms with E-state index in [1.165, 1.54) is 0 Å². The number of carbonyl (C=O) groups excluding carboxylic acids is 1. The molecule has 0 aromatic heterocycles. The average molecular weight is 318 g/mol. The van der Waals surface area contributed by atoms with E-state index in [9.17, 15) is 4.79 Å². The largest absolute Gasteiger partial charge is 0.457 e. The molecule has 0 bridgehead atoms. The molecule has 3 rings (SSSR count). The zero-order chi connectivity index (χ0) is 16.6. The summed E-state index contributed by atoms with van der Waals surface area (Å²) in [5.41, 5.74) is 1.72. The Morgan fingerprint density at radius 2 is 1.46 bits per heavy atom. The molecule has 0 spiro atoms. The second-order valence-corrected chi connectivity index (χ2v) is 5.24. The Morgan fingerprint density at radius 3 is 2.21 bits per heavy atom. The van der Waals surface area contributed by atoms with Gasteiger partial charge < -0.3 is 15.4 Å². The van der Waals surface area contributed by atoms with Crippen molar-refractivity contribution in [1.29, 1.82) is 0 Å². The average Bonchev–Trinajstić information content (AvgIpc) is 2.62. The van der Waals surface area contributed by atoms with Gasteiger partial charge >= 0.3 is 6.03 Å². The van der Waals surface area contributed by atoms with Gasteiger partial charge in [0.15, 0.2) is 0 Å². The molecule has 0 unspecified atom stereocenters. The first kappa shape index (κ1) is 15.6. The lowest BCUT2D eigenvalue weighted by atomic mass is 10.2. The number of para-hydroxylation sites is 2. The van der Waals surface area contributed by atoms with Gasteiger partial charge in [-0.3, -0.25) is 0 Å². The lowest BCUT2D eigenvalue weighted by Crippen LogP contribution is -2.28. The first-order valence-electron chi connectivity index (χ1n) is 7.71. The molecule has 0 atom stereocenters. The molecule has 0 aliphatic rings. The Bertz CT molecular complexity index is 789. The van der Waals surface area contributed by atoms with Gasteiger partial charge in [0.05, 0.1) is 0 Å². The highest BCUT2D eigenvalue weighted by Gasteiger charge is 2.03. The van der Waals surface area contributed by atoms with Crippen molar-refractivity contribution in [3.05, 3.63) is 90.5 Å². The van der Waals surface area contributed by atoms with Crippen LogP contribution < -0.4 is 15.4 Å². The van der Waals surface area contributed by atoms with Gasteiger partial charge in [-0.1, -0.05) is 48.5 Å². The maximum absolute atomic E-state index is 11.9. The summed E-state index contributed by atoms with van der Waals surface area (Å²) in [6.07, 6.45) is 0. The molecular weight excluding hydrogens is 300 g/mol. The van der Waals surface area contributed by atoms with E-state index in [1.807, 2.05) is 84.9 Å². The molecule has 0 aliphatic heterocycles. The number of urea groups is 1. The van der Waals surface area contributed by atoms with Gasteiger partial charge in [0.1, 0.15) is 11.5 Å². The Morgan fingerprint density at radius 1 is 0.792 bits per heavy atom. The zero-order valence-corrected chi connectivity index (χ0v) is 13.1. The third kappa shape index (κ3) is 4.61. The van der Waals surface area contributed by atoms with Crippen LogP contribution in [0.3, 0.4) is 0 Å². The van der Waals surface area contributed by atoms with Crippen LogP contribution in [0.2, 0.25) is 0 Å². The van der Waals surface area contributed by atoms with Crippen molar-refractivity contribution in [2.24, 2.45) is 0 Å². The van der Waals surface area contributed by atoms with Gasteiger partial charge in [0.2, 0.25) is 0 Å². The van der Waals surface area contributed by atoms with Crippen molar-refractivity contribution < 1.29 is 9.53 Å². The molecular formula is C20H18N2O2. The molecule has 2 amide bonds. The van der Waals surface area contributed by atoms with Crippen molar-refractivity contribution >= 4 is 11.7 Å². The highest BCUT2D eigenvalue weighted by atomic mass is 16.5. The quantitative estimate of drug-likeness (QED) is 0.710. The molecule has 0 radical (unpaired) electrons. The van der Waals surface area contributed by atoms with Crippen LogP contribution in [0, 0.1) is 0 Å². The summed E-state index contributed by atoms with van der Waals surface area (Å²) >= 11 is 0. The number of anilines is 1. The van der Waals surface area contributed by atoms with Crippen molar-refractivity contribution in [3.63, 3.8) is 0 Å². The summed E-state index contributed by atoms with van der Waals surface area (Å²) in [6.45, 7) is 0.421. The molecule has 4 nitrogen and oxygen atoms in total. The Hall–Kier alpha value is -3.27. The lowest BCUT2D eigenvalue weighted by molar-refractivity contribution is 0.251. The first-order valence-corrected chi connectivity index (χ1v) is 7.71. The molecule has 0 saturated heterocycles. The standard InChI is InChI=1S/C20H18N2O2/c23-20(22-17-9-3-1-4-10-17)21-15-16-8-7-13-19(14-16)24-18-11-5-2-6-12-18/h1-14H,15H2,(H2,21,22,23). The van der Waals surface area contributed by atoms with E-state index in [2.05, 4.69) is 10.6 Å². The van der Waals surface area contributed by atoms with E-state index >= 15 is 0 Å². The van der Waals surface area contributed by atoms with Gasteiger partial charge in [-0.05, 0) is 42.0 Å². The number of benzene rings is 3. The highest BCUT2D eigenvalue weighted by molar-refractivity contribution is 5.89. The maximum Gasteiger partial charge on any atom is 0.319 e. The summed E-state index contributed by atoms with van der Waals surface area (Å²) in [4.78, 5) is 11.9. The van der Waals surface area contributed by atoms with Crippen LogP contribution >= 0.6 is 0 Å². The van der Waals surface area contributed by atoms with E-state index in [-0.39, 0.29) is 6.03 Å². The number of hydrogen-bond acceptors (Lipinski definition) is 2. The van der Waals surface area contributed by atoms with Crippen LogP contribution in [0.15, 0.2) is 84.9 Å². The number of hydrogen-bond donors (Lipinski definition) is 2. The van der Waals surface area contributed by atoms with Crippen LogP contribution in [0.25, 0.3) is 0 Å². The van der Waals surface area contributed by atoms with Crippen LogP contribution in [0.4, 0.5) is 10.5 Å². The number of ether oxygens (including phenoxy) is 1. The van der Waals surface area contributed by atoms with Crippen molar-refractivity contribution in [2.75, 3.05) is 5.32 Å². The molecule has 4 heteroatoms. The molecule has 0 aliphatic carbocycles. The predicted molar refractivity (Wildman–Crippen MR) is 95.3 cm³/mol. The molecule has 2 N–H and O–H groups in total.